The molecule has 122 valence electrons. The molecule has 1 unspecified atom stereocenters. The van der Waals surface area contributed by atoms with E-state index in [0.29, 0.717) is 11.7 Å². The normalized spacial score (nSPS) is 17.8. The maximum atomic E-state index is 12.6. The summed E-state index contributed by atoms with van der Waals surface area (Å²) in [7, 11) is 0. The van der Waals surface area contributed by atoms with E-state index < -0.39 is 0 Å². The number of H-pyrrole nitrogens is 1. The number of anilines is 1. The fourth-order valence-corrected chi connectivity index (χ4v) is 3.40. The van der Waals surface area contributed by atoms with Gasteiger partial charge in [0.1, 0.15) is 0 Å². The quantitative estimate of drug-likeness (QED) is 0.750. The van der Waals surface area contributed by atoms with Gasteiger partial charge in [-0.15, -0.1) is 0 Å². The smallest absolute Gasteiger partial charge is 0.323 e. The molecule has 4 rings (SSSR count). The van der Waals surface area contributed by atoms with Crippen LogP contribution < -0.4 is 5.32 Å². The van der Waals surface area contributed by atoms with Crippen molar-refractivity contribution in [3.8, 4) is 0 Å². The molecule has 0 saturated carbocycles. The van der Waals surface area contributed by atoms with Gasteiger partial charge in [-0.05, 0) is 30.5 Å². The van der Waals surface area contributed by atoms with Gasteiger partial charge in [-0.3, -0.25) is 10.4 Å². The molecule has 0 spiro atoms. The van der Waals surface area contributed by atoms with Crippen molar-refractivity contribution in [3.63, 3.8) is 0 Å². The molecule has 1 atom stereocenters. The Bertz CT molecular complexity index is 843. The van der Waals surface area contributed by atoms with Crippen LogP contribution in [0.4, 0.5) is 10.6 Å². The fraction of sp³-hybridized carbons (Fsp3) is 0.263. The number of para-hydroxylation sites is 1. The number of hydrogen-bond acceptors (Lipinski definition) is 2. The summed E-state index contributed by atoms with van der Waals surface area (Å²) in [5.41, 5.74) is 2.23. The predicted molar refractivity (Wildman–Crippen MR) is 95.1 cm³/mol. The fourth-order valence-electron chi connectivity index (χ4n) is 3.40. The lowest BCUT2D eigenvalue weighted by atomic mass is 9.91. The predicted octanol–water partition coefficient (Wildman–Crippen LogP) is 3.97. The van der Waals surface area contributed by atoms with Crippen molar-refractivity contribution >= 4 is 22.8 Å². The summed E-state index contributed by atoms with van der Waals surface area (Å²) in [6, 6.07) is 18.2. The van der Waals surface area contributed by atoms with Crippen LogP contribution in [0.5, 0.6) is 0 Å². The van der Waals surface area contributed by atoms with E-state index in [-0.39, 0.29) is 6.03 Å². The molecule has 0 bridgehead atoms. The highest BCUT2D eigenvalue weighted by Crippen LogP contribution is 2.27. The number of benzene rings is 2. The van der Waals surface area contributed by atoms with E-state index in [9.17, 15) is 4.79 Å². The molecule has 5 nitrogen and oxygen atoms in total. The molecular weight excluding hydrogens is 300 g/mol. The van der Waals surface area contributed by atoms with Gasteiger partial charge >= 0.3 is 6.03 Å². The van der Waals surface area contributed by atoms with E-state index in [1.807, 2.05) is 35.2 Å². The summed E-state index contributed by atoms with van der Waals surface area (Å²) in [6.45, 7) is 1.54. The van der Waals surface area contributed by atoms with Gasteiger partial charge in [0.05, 0.1) is 5.52 Å². The monoisotopic (exact) mass is 320 g/mol. The zero-order chi connectivity index (χ0) is 16.4. The van der Waals surface area contributed by atoms with Crippen LogP contribution in [0.2, 0.25) is 0 Å². The first-order chi connectivity index (χ1) is 11.8. The Morgan fingerprint density at radius 2 is 1.92 bits per heavy atom. The molecule has 1 aliphatic rings. The standard InChI is InChI=1S/C19H20N4O/c24-19(20-18-16-10-4-5-11-17(16)21-22-18)23-12-6-9-15(13-23)14-7-2-1-3-8-14/h1-5,7-8,10-11,15H,6,9,12-13H2,(H2,20,21,22,24). The van der Waals surface area contributed by atoms with E-state index in [2.05, 4.69) is 39.8 Å². The minimum absolute atomic E-state index is 0.0760. The van der Waals surface area contributed by atoms with Crippen LogP contribution in [0.3, 0.4) is 0 Å². The van der Waals surface area contributed by atoms with E-state index >= 15 is 0 Å². The van der Waals surface area contributed by atoms with Crippen LogP contribution in [-0.2, 0) is 0 Å². The number of nitrogens with zero attached hydrogens (tertiary/aromatic N) is 2. The summed E-state index contributed by atoms with van der Waals surface area (Å²) in [5.74, 6) is 0.999. The molecule has 2 heterocycles. The van der Waals surface area contributed by atoms with Crippen LogP contribution in [0.25, 0.3) is 10.9 Å². The molecule has 1 aromatic heterocycles. The molecule has 5 heteroatoms. The number of fused-ring (bicyclic) bond motifs is 1. The van der Waals surface area contributed by atoms with Crippen molar-refractivity contribution in [1.29, 1.82) is 0 Å². The van der Waals surface area contributed by atoms with Crippen LogP contribution in [0.15, 0.2) is 54.6 Å². The second-order valence-corrected chi connectivity index (χ2v) is 6.24. The number of piperidine rings is 1. The van der Waals surface area contributed by atoms with Gasteiger partial charge < -0.3 is 4.90 Å². The lowest BCUT2D eigenvalue weighted by Crippen LogP contribution is -2.41. The number of aromatic nitrogens is 2. The maximum absolute atomic E-state index is 12.6. The van der Waals surface area contributed by atoms with Gasteiger partial charge in [0.25, 0.3) is 0 Å². The van der Waals surface area contributed by atoms with Crippen molar-refractivity contribution in [1.82, 2.24) is 15.1 Å². The lowest BCUT2D eigenvalue weighted by Gasteiger charge is -2.32. The van der Waals surface area contributed by atoms with Crippen molar-refractivity contribution in [3.05, 3.63) is 60.2 Å². The highest BCUT2D eigenvalue weighted by Gasteiger charge is 2.25. The van der Waals surface area contributed by atoms with Crippen molar-refractivity contribution < 1.29 is 4.79 Å². The number of hydrogen-bond donors (Lipinski definition) is 2. The number of nitrogens with one attached hydrogen (secondary N) is 2. The highest BCUT2D eigenvalue weighted by atomic mass is 16.2. The van der Waals surface area contributed by atoms with Gasteiger partial charge in [0.2, 0.25) is 0 Å². The summed E-state index contributed by atoms with van der Waals surface area (Å²) >= 11 is 0. The van der Waals surface area contributed by atoms with Crippen LogP contribution in [-0.4, -0.2) is 34.2 Å². The molecule has 3 aromatic rings. The van der Waals surface area contributed by atoms with Crippen molar-refractivity contribution in [2.45, 2.75) is 18.8 Å². The molecule has 1 aliphatic heterocycles. The Kier molecular flexibility index (Phi) is 3.91. The molecule has 1 fully saturated rings. The van der Waals surface area contributed by atoms with E-state index in [1.165, 1.54) is 5.56 Å². The Morgan fingerprint density at radius 3 is 2.79 bits per heavy atom. The van der Waals surface area contributed by atoms with Gasteiger partial charge in [-0.1, -0.05) is 42.5 Å². The Balaban J connectivity index is 1.48. The molecule has 24 heavy (non-hydrogen) atoms. The maximum Gasteiger partial charge on any atom is 0.323 e. The lowest BCUT2D eigenvalue weighted by molar-refractivity contribution is 0.192. The molecule has 2 aromatic carbocycles. The SMILES string of the molecule is O=C(Nc1n[nH]c2ccccc12)N1CCCC(c2ccccc2)C1. The summed E-state index contributed by atoms with van der Waals surface area (Å²) < 4.78 is 0. The number of urea groups is 1. The number of carbonyl (C=O) groups excluding carboxylic acids is 1. The number of rotatable bonds is 2. The van der Waals surface area contributed by atoms with Crippen LogP contribution in [0.1, 0.15) is 24.3 Å². The third-order valence-electron chi connectivity index (χ3n) is 4.68. The summed E-state index contributed by atoms with van der Waals surface area (Å²) in [6.07, 6.45) is 2.15. The second-order valence-electron chi connectivity index (χ2n) is 6.24. The molecule has 2 N–H and O–H groups in total. The summed E-state index contributed by atoms with van der Waals surface area (Å²) in [4.78, 5) is 14.5. The third-order valence-corrected chi connectivity index (χ3v) is 4.68. The average Bonchev–Trinajstić information content (AvgIpc) is 3.06. The molecule has 1 saturated heterocycles. The number of amides is 2. The minimum Gasteiger partial charge on any atom is -0.324 e. The van der Waals surface area contributed by atoms with Gasteiger partial charge in [-0.2, -0.15) is 5.10 Å². The van der Waals surface area contributed by atoms with Crippen LogP contribution in [0, 0.1) is 0 Å². The number of aromatic amines is 1. The first kappa shape index (κ1) is 14.8. The zero-order valence-electron chi connectivity index (χ0n) is 13.4. The summed E-state index contributed by atoms with van der Waals surface area (Å²) in [5, 5.41) is 11.1. The van der Waals surface area contributed by atoms with E-state index in [1.54, 1.807) is 0 Å². The molecule has 0 aliphatic carbocycles. The Labute approximate surface area is 140 Å². The zero-order valence-corrected chi connectivity index (χ0v) is 13.4. The number of carbonyl (C=O) groups is 1. The third kappa shape index (κ3) is 2.85. The minimum atomic E-state index is -0.0760. The molecule has 0 radical (unpaired) electrons. The van der Waals surface area contributed by atoms with E-state index in [4.69, 9.17) is 0 Å². The first-order valence-corrected chi connectivity index (χ1v) is 8.35. The average molecular weight is 320 g/mol. The van der Waals surface area contributed by atoms with Crippen molar-refractivity contribution in [2.24, 2.45) is 0 Å². The first-order valence-electron chi connectivity index (χ1n) is 8.35. The Morgan fingerprint density at radius 1 is 1.12 bits per heavy atom. The van der Waals surface area contributed by atoms with E-state index in [0.717, 1.165) is 36.8 Å². The number of likely N-dealkylation sites (tertiary alicyclic amines) is 1. The second kappa shape index (κ2) is 6.35. The Hall–Kier alpha value is -2.82. The molecule has 2 amide bonds. The van der Waals surface area contributed by atoms with Crippen LogP contribution >= 0.6 is 0 Å². The van der Waals surface area contributed by atoms with Gasteiger partial charge in [-0.25, -0.2) is 4.79 Å². The van der Waals surface area contributed by atoms with Gasteiger partial charge in [0.15, 0.2) is 5.82 Å². The topological polar surface area (TPSA) is 61.0 Å². The van der Waals surface area contributed by atoms with Crippen molar-refractivity contribution in [2.75, 3.05) is 18.4 Å². The van der Waals surface area contributed by atoms with Gasteiger partial charge in [0, 0.05) is 24.4 Å². The largest absolute Gasteiger partial charge is 0.324 e. The highest BCUT2D eigenvalue weighted by molar-refractivity contribution is 5.98. The molecular formula is C19H20N4O.